The van der Waals surface area contributed by atoms with Crippen LogP contribution in [0.4, 0.5) is 5.95 Å². The number of imidazole rings is 1. The normalized spacial score (nSPS) is 31.1. The van der Waals surface area contributed by atoms with Crippen LogP contribution in [0.25, 0.3) is 11.2 Å². The monoisotopic (exact) mass is 382 g/mol. The van der Waals surface area contributed by atoms with Crippen molar-refractivity contribution in [3.63, 3.8) is 0 Å². The molecule has 148 valence electrons. The van der Waals surface area contributed by atoms with Crippen molar-refractivity contribution in [1.29, 1.82) is 0 Å². The van der Waals surface area contributed by atoms with Crippen molar-refractivity contribution in [2.45, 2.75) is 37.2 Å². The van der Waals surface area contributed by atoms with Crippen LogP contribution in [0.15, 0.2) is 12.5 Å². The van der Waals surface area contributed by atoms with Crippen molar-refractivity contribution in [2.24, 2.45) is 0 Å². The fraction of sp³-hybridized carbons (Fsp3) is 0.600. The van der Waals surface area contributed by atoms with Crippen molar-refractivity contribution >= 4 is 23.0 Å². The van der Waals surface area contributed by atoms with Crippen molar-refractivity contribution in [2.75, 3.05) is 25.6 Å². The second-order valence-electron chi connectivity index (χ2n) is 6.56. The number of amides is 1. The van der Waals surface area contributed by atoms with E-state index in [1.807, 2.05) is 0 Å². The average Bonchev–Trinajstić information content (AvgIpc) is 2.99. The zero-order valence-corrected chi connectivity index (χ0v) is 15.0. The van der Waals surface area contributed by atoms with E-state index >= 15 is 0 Å². The Morgan fingerprint density at radius 1 is 1.44 bits per heavy atom. The van der Waals surface area contributed by atoms with Crippen LogP contribution >= 0.6 is 0 Å². The number of aliphatic hydroxyl groups is 4. The van der Waals surface area contributed by atoms with Crippen LogP contribution in [0.2, 0.25) is 0 Å². The Balaban J connectivity index is 2.23. The second kappa shape index (κ2) is 6.98. The van der Waals surface area contributed by atoms with E-state index in [9.17, 15) is 25.2 Å². The molecular formula is C15H22N6O6. The molecule has 5 N–H and O–H groups in total. The molecule has 0 unspecified atom stereocenters. The van der Waals surface area contributed by atoms with E-state index in [1.165, 1.54) is 17.1 Å². The van der Waals surface area contributed by atoms with Gasteiger partial charge in [0, 0.05) is 21.0 Å². The van der Waals surface area contributed by atoms with Gasteiger partial charge in [0.1, 0.15) is 30.2 Å². The van der Waals surface area contributed by atoms with E-state index in [0.717, 1.165) is 6.92 Å². The minimum atomic E-state index is -2.42. The third-order valence-corrected chi connectivity index (χ3v) is 4.36. The Morgan fingerprint density at radius 3 is 2.74 bits per heavy atom. The summed E-state index contributed by atoms with van der Waals surface area (Å²) in [4.78, 5) is 25.7. The standard InChI is InChI=1S/C15H22N6O6/c1-7(23)19-15(26)11(25)10(24)9(5-22)27-13(15)21-12-8(4-16-6-17-12)18-14(21)20(2)3/h4,6,9-11,13,22,24-26H,5H2,1-3H3,(H,19,23)/t9-,10-,11+,13-,15-/m1/s1. The quantitative estimate of drug-likeness (QED) is 0.352. The number of nitrogens with one attached hydrogen (secondary N) is 1. The van der Waals surface area contributed by atoms with Crippen LogP contribution in [0.1, 0.15) is 13.2 Å². The van der Waals surface area contributed by atoms with Gasteiger partial charge in [-0.25, -0.2) is 15.0 Å². The maximum Gasteiger partial charge on any atom is 0.219 e. The fourth-order valence-electron chi connectivity index (χ4n) is 3.15. The lowest BCUT2D eigenvalue weighted by Gasteiger charge is -2.48. The molecule has 12 nitrogen and oxygen atoms in total. The van der Waals surface area contributed by atoms with Crippen LogP contribution < -0.4 is 10.2 Å². The lowest BCUT2D eigenvalue weighted by atomic mass is 9.92. The minimum absolute atomic E-state index is 0.266. The number of carbonyl (C=O) groups excluding carboxylic acids is 1. The van der Waals surface area contributed by atoms with E-state index in [1.54, 1.807) is 19.0 Å². The first-order valence-corrected chi connectivity index (χ1v) is 8.19. The largest absolute Gasteiger partial charge is 0.394 e. The maximum atomic E-state index is 11.7. The Labute approximate surface area is 154 Å². The summed E-state index contributed by atoms with van der Waals surface area (Å²) in [5, 5.41) is 43.6. The Hall–Kier alpha value is -2.38. The number of aliphatic hydroxyl groups excluding tert-OH is 3. The summed E-state index contributed by atoms with van der Waals surface area (Å²) in [7, 11) is 3.39. The molecule has 12 heteroatoms. The highest BCUT2D eigenvalue weighted by Gasteiger charge is 2.57. The van der Waals surface area contributed by atoms with Gasteiger partial charge in [0.25, 0.3) is 0 Å². The van der Waals surface area contributed by atoms with Gasteiger partial charge in [-0.3, -0.25) is 9.36 Å². The van der Waals surface area contributed by atoms with Crippen LogP contribution in [-0.4, -0.2) is 90.6 Å². The van der Waals surface area contributed by atoms with Gasteiger partial charge in [-0.1, -0.05) is 0 Å². The highest BCUT2D eigenvalue weighted by atomic mass is 16.6. The Bertz CT molecular complexity index is 843. The lowest BCUT2D eigenvalue weighted by Crippen LogP contribution is -2.71. The fourth-order valence-corrected chi connectivity index (χ4v) is 3.15. The molecular weight excluding hydrogens is 360 g/mol. The van der Waals surface area contributed by atoms with Gasteiger partial charge in [-0.05, 0) is 0 Å². The SMILES string of the molecule is CC(=O)N[C@@]1(O)[C@@H](O)[C@H](O)[C@@H](CO)O[C@H]1n1c(N(C)C)nc2cncnc21. The molecule has 0 saturated carbocycles. The third-order valence-electron chi connectivity index (χ3n) is 4.36. The van der Waals surface area contributed by atoms with Crippen molar-refractivity contribution in [3.8, 4) is 0 Å². The van der Waals surface area contributed by atoms with Crippen molar-refractivity contribution in [1.82, 2.24) is 24.8 Å². The Kier molecular flexibility index (Phi) is 5.01. The number of anilines is 1. The number of hydrogen-bond donors (Lipinski definition) is 5. The summed E-state index contributed by atoms with van der Waals surface area (Å²) < 4.78 is 7.06. The highest BCUT2D eigenvalue weighted by Crippen LogP contribution is 2.39. The molecule has 1 aliphatic rings. The predicted molar refractivity (Wildman–Crippen MR) is 91.4 cm³/mol. The molecule has 1 fully saturated rings. The zero-order chi connectivity index (χ0) is 19.9. The zero-order valence-electron chi connectivity index (χ0n) is 15.0. The summed E-state index contributed by atoms with van der Waals surface area (Å²) in [5.74, 6) is -0.371. The molecule has 1 amide bonds. The van der Waals surface area contributed by atoms with E-state index in [2.05, 4.69) is 20.3 Å². The van der Waals surface area contributed by atoms with Gasteiger partial charge in [-0.2, -0.15) is 0 Å². The maximum absolute atomic E-state index is 11.7. The van der Waals surface area contributed by atoms with E-state index in [-0.39, 0.29) is 5.65 Å². The molecule has 0 bridgehead atoms. The van der Waals surface area contributed by atoms with Gasteiger partial charge in [0.2, 0.25) is 17.6 Å². The van der Waals surface area contributed by atoms with E-state index < -0.39 is 42.8 Å². The third kappa shape index (κ3) is 3.11. The molecule has 0 aliphatic carbocycles. The number of hydrogen-bond acceptors (Lipinski definition) is 10. The van der Waals surface area contributed by atoms with Crippen LogP contribution in [0.5, 0.6) is 0 Å². The minimum Gasteiger partial charge on any atom is -0.394 e. The van der Waals surface area contributed by atoms with Gasteiger partial charge in [0.05, 0.1) is 12.8 Å². The summed E-state index contributed by atoms with van der Waals surface area (Å²) in [5.41, 5.74) is -1.76. The number of aromatic nitrogens is 4. The number of ether oxygens (including phenoxy) is 1. The van der Waals surface area contributed by atoms with Gasteiger partial charge in [-0.15, -0.1) is 0 Å². The number of fused-ring (bicyclic) bond motifs is 1. The number of rotatable bonds is 4. The smallest absolute Gasteiger partial charge is 0.219 e. The Morgan fingerprint density at radius 2 is 2.15 bits per heavy atom. The van der Waals surface area contributed by atoms with E-state index in [4.69, 9.17) is 4.74 Å². The summed E-state index contributed by atoms with van der Waals surface area (Å²) in [6.07, 6.45) is -3.43. The molecule has 3 rings (SSSR count). The molecule has 1 saturated heterocycles. The molecule has 0 aromatic carbocycles. The summed E-state index contributed by atoms with van der Waals surface area (Å²) in [6.45, 7) is 0.525. The summed E-state index contributed by atoms with van der Waals surface area (Å²) in [6, 6.07) is 0. The first kappa shape index (κ1) is 19.4. The predicted octanol–water partition coefficient (Wildman–Crippen LogP) is -2.67. The molecule has 0 spiro atoms. The van der Waals surface area contributed by atoms with Crippen molar-refractivity contribution in [3.05, 3.63) is 12.5 Å². The van der Waals surface area contributed by atoms with Crippen molar-refractivity contribution < 1.29 is 30.0 Å². The van der Waals surface area contributed by atoms with Gasteiger partial charge >= 0.3 is 0 Å². The molecule has 2 aromatic rings. The van der Waals surface area contributed by atoms with Crippen LogP contribution in [-0.2, 0) is 9.53 Å². The first-order valence-electron chi connectivity index (χ1n) is 8.19. The van der Waals surface area contributed by atoms with Gasteiger partial charge in [0.15, 0.2) is 11.9 Å². The second-order valence-corrected chi connectivity index (χ2v) is 6.56. The molecule has 3 heterocycles. The van der Waals surface area contributed by atoms with E-state index in [0.29, 0.717) is 11.5 Å². The van der Waals surface area contributed by atoms with Crippen LogP contribution in [0.3, 0.4) is 0 Å². The topological polar surface area (TPSA) is 166 Å². The van der Waals surface area contributed by atoms with Gasteiger partial charge < -0.3 is 35.4 Å². The molecule has 0 radical (unpaired) electrons. The molecule has 2 aromatic heterocycles. The molecule has 5 atom stereocenters. The molecule has 1 aliphatic heterocycles. The highest BCUT2D eigenvalue weighted by molar-refractivity contribution is 5.75. The lowest BCUT2D eigenvalue weighted by molar-refractivity contribution is -0.303. The average molecular weight is 382 g/mol. The number of carbonyl (C=O) groups is 1. The first-order chi connectivity index (χ1) is 12.7. The summed E-state index contributed by atoms with van der Waals surface area (Å²) >= 11 is 0. The van der Waals surface area contributed by atoms with Crippen LogP contribution in [0, 0.1) is 0 Å². The number of nitrogens with zero attached hydrogens (tertiary/aromatic N) is 5. The molecule has 27 heavy (non-hydrogen) atoms.